The first-order valence-electron chi connectivity index (χ1n) is 12.1. The van der Waals surface area contributed by atoms with Crippen LogP contribution in [-0.2, 0) is 9.59 Å². The minimum atomic E-state index is -0.130. The van der Waals surface area contributed by atoms with Gasteiger partial charge in [0.05, 0.1) is 0 Å². The highest BCUT2D eigenvalue weighted by Gasteiger charge is 2.59. The van der Waals surface area contributed by atoms with E-state index in [1.165, 1.54) is 36.7 Å². The van der Waals surface area contributed by atoms with Gasteiger partial charge in [0.1, 0.15) is 0 Å². The number of allylic oxidation sites excluding steroid dienone is 6. The molecule has 30 heavy (non-hydrogen) atoms. The van der Waals surface area contributed by atoms with Crippen LogP contribution in [0.1, 0.15) is 46.0 Å². The summed E-state index contributed by atoms with van der Waals surface area (Å²) in [5, 5.41) is 0. The maximum absolute atomic E-state index is 11.7. The third-order valence-corrected chi connectivity index (χ3v) is 9.52. The second kappa shape index (κ2) is 6.80. The van der Waals surface area contributed by atoms with Gasteiger partial charge in [-0.05, 0) is 99.2 Å². The molecule has 4 fully saturated rings. The van der Waals surface area contributed by atoms with Crippen molar-refractivity contribution in [2.24, 2.45) is 53.3 Å². The number of rotatable bonds is 2. The molecule has 0 spiro atoms. The maximum atomic E-state index is 11.7. The third-order valence-electron chi connectivity index (χ3n) is 9.52. The van der Waals surface area contributed by atoms with Crippen LogP contribution in [0.3, 0.4) is 0 Å². The van der Waals surface area contributed by atoms with E-state index < -0.39 is 0 Å². The lowest BCUT2D eigenvalue weighted by atomic mass is 9.71. The van der Waals surface area contributed by atoms with Crippen LogP contribution in [0, 0.1) is 53.3 Å². The zero-order valence-electron chi connectivity index (χ0n) is 18.2. The quantitative estimate of drug-likeness (QED) is 0.373. The van der Waals surface area contributed by atoms with Gasteiger partial charge in [0.25, 0.3) is 11.8 Å². The Morgan fingerprint density at radius 3 is 2.37 bits per heavy atom. The molecule has 7 rings (SSSR count). The number of hydrogen-bond acceptors (Lipinski definition) is 2. The summed E-state index contributed by atoms with van der Waals surface area (Å²) in [7, 11) is 0. The van der Waals surface area contributed by atoms with Gasteiger partial charge < -0.3 is 0 Å². The first-order chi connectivity index (χ1) is 14.5. The van der Waals surface area contributed by atoms with E-state index in [9.17, 15) is 9.59 Å². The normalized spacial score (nSPS) is 47.5. The van der Waals surface area contributed by atoms with Crippen LogP contribution in [0.25, 0.3) is 0 Å². The highest BCUT2D eigenvalue weighted by atomic mass is 16.2. The lowest BCUT2D eigenvalue weighted by Crippen LogP contribution is -2.36. The van der Waals surface area contributed by atoms with Crippen molar-refractivity contribution >= 4 is 11.8 Å². The van der Waals surface area contributed by atoms with Crippen LogP contribution < -0.4 is 0 Å². The molecule has 3 heteroatoms. The second-order valence-corrected chi connectivity index (χ2v) is 10.9. The molecule has 1 aliphatic heterocycles. The van der Waals surface area contributed by atoms with Crippen LogP contribution in [-0.4, -0.2) is 23.3 Å². The summed E-state index contributed by atoms with van der Waals surface area (Å²) in [6.45, 7) is 4.56. The molecule has 0 N–H and O–H groups in total. The molecule has 9 atom stereocenters. The number of hydrogen-bond donors (Lipinski definition) is 0. The van der Waals surface area contributed by atoms with E-state index >= 15 is 0 Å². The predicted molar refractivity (Wildman–Crippen MR) is 117 cm³/mol. The van der Waals surface area contributed by atoms with E-state index in [-0.39, 0.29) is 11.8 Å². The summed E-state index contributed by atoms with van der Waals surface area (Å²) in [4.78, 5) is 24.7. The van der Waals surface area contributed by atoms with E-state index in [2.05, 4.69) is 37.3 Å². The first-order valence-corrected chi connectivity index (χ1v) is 12.1. The number of fused-ring (bicyclic) bond motifs is 11. The maximum Gasteiger partial charge on any atom is 0.256 e. The fourth-order valence-electron chi connectivity index (χ4n) is 8.32. The monoisotopic (exact) mass is 403 g/mol. The van der Waals surface area contributed by atoms with Crippen molar-refractivity contribution in [2.45, 2.75) is 46.0 Å². The van der Waals surface area contributed by atoms with Crippen molar-refractivity contribution in [3.63, 3.8) is 0 Å². The van der Waals surface area contributed by atoms with Gasteiger partial charge in [0.15, 0.2) is 0 Å². The summed E-state index contributed by atoms with van der Waals surface area (Å²) in [6.07, 6.45) is 20.3. The van der Waals surface area contributed by atoms with Crippen molar-refractivity contribution in [1.82, 2.24) is 4.90 Å². The topological polar surface area (TPSA) is 37.4 Å². The Bertz CT molecular complexity index is 908. The van der Waals surface area contributed by atoms with Gasteiger partial charge in [-0.1, -0.05) is 36.0 Å². The Balaban J connectivity index is 0.000000117. The van der Waals surface area contributed by atoms with Gasteiger partial charge in [0, 0.05) is 18.2 Å². The van der Waals surface area contributed by atoms with Crippen LogP contribution in [0.4, 0.5) is 0 Å². The molecule has 2 amide bonds. The van der Waals surface area contributed by atoms with Crippen LogP contribution in [0.5, 0.6) is 0 Å². The molecule has 158 valence electrons. The summed E-state index contributed by atoms with van der Waals surface area (Å²) < 4.78 is 0. The molecule has 0 saturated heterocycles. The van der Waals surface area contributed by atoms with Gasteiger partial charge in [-0.15, -0.1) is 0 Å². The molecule has 7 aliphatic rings. The molecule has 3 nitrogen and oxygen atoms in total. The van der Waals surface area contributed by atoms with Gasteiger partial charge in [-0.3, -0.25) is 14.5 Å². The zero-order valence-corrected chi connectivity index (χ0v) is 18.2. The largest absolute Gasteiger partial charge is 0.275 e. The Kier molecular flexibility index (Phi) is 4.27. The fourth-order valence-corrected chi connectivity index (χ4v) is 8.32. The van der Waals surface area contributed by atoms with Crippen molar-refractivity contribution in [3.8, 4) is 0 Å². The molecular formula is C27H33NO2. The van der Waals surface area contributed by atoms with Gasteiger partial charge in [-0.25, -0.2) is 0 Å². The van der Waals surface area contributed by atoms with E-state index in [0.717, 1.165) is 41.9 Å². The fraction of sp³-hybridized carbons (Fsp3) is 0.630. The molecule has 1 heterocycles. The molecule has 0 radical (unpaired) electrons. The van der Waals surface area contributed by atoms with Crippen molar-refractivity contribution in [3.05, 3.63) is 47.6 Å². The summed E-state index contributed by atoms with van der Waals surface area (Å²) in [5.74, 6) is 7.71. The highest BCUT2D eigenvalue weighted by molar-refractivity contribution is 6.15. The molecule has 0 aromatic heterocycles. The number of carbonyl (C=O) groups is 2. The van der Waals surface area contributed by atoms with E-state index in [1.54, 1.807) is 12.5 Å². The van der Waals surface area contributed by atoms with Gasteiger partial charge in [-0.2, -0.15) is 0 Å². The SMILES string of the molecule is C/C=C1\CC2CC1C1C3C=CC(C3)C21.CC1=CC(=O)N(CC2CC3C=CC2C3)C1=O. The number of carbonyl (C=O) groups excluding carboxylic acids is 2. The first kappa shape index (κ1) is 18.8. The smallest absolute Gasteiger partial charge is 0.256 e. The van der Waals surface area contributed by atoms with Crippen molar-refractivity contribution in [2.75, 3.05) is 6.54 Å². The molecule has 9 unspecified atom stereocenters. The zero-order chi connectivity index (χ0) is 20.6. The van der Waals surface area contributed by atoms with E-state index in [4.69, 9.17) is 0 Å². The van der Waals surface area contributed by atoms with Crippen LogP contribution in [0.2, 0.25) is 0 Å². The number of imide groups is 1. The minimum absolute atomic E-state index is 0.100. The summed E-state index contributed by atoms with van der Waals surface area (Å²) in [6, 6.07) is 0. The Morgan fingerprint density at radius 1 is 0.967 bits per heavy atom. The van der Waals surface area contributed by atoms with E-state index in [1.807, 2.05) is 0 Å². The highest BCUT2D eigenvalue weighted by Crippen LogP contribution is 2.66. The number of nitrogens with zero attached hydrogens (tertiary/aromatic N) is 1. The summed E-state index contributed by atoms with van der Waals surface area (Å²) in [5.41, 5.74) is 2.38. The average Bonchev–Trinajstić information content (AvgIpc) is 3.58. The van der Waals surface area contributed by atoms with Crippen molar-refractivity contribution in [1.29, 1.82) is 0 Å². The Morgan fingerprint density at radius 2 is 1.73 bits per heavy atom. The van der Waals surface area contributed by atoms with Gasteiger partial charge in [0.2, 0.25) is 0 Å². The lowest BCUT2D eigenvalue weighted by Gasteiger charge is -2.33. The molecular weight excluding hydrogens is 370 g/mol. The van der Waals surface area contributed by atoms with Crippen LogP contribution >= 0.6 is 0 Å². The minimum Gasteiger partial charge on any atom is -0.275 e. The lowest BCUT2D eigenvalue weighted by molar-refractivity contribution is -0.138. The molecule has 6 bridgehead atoms. The Labute approximate surface area is 180 Å². The molecule has 0 aromatic carbocycles. The standard InChI is InChI=1S/C14H18.C13H15NO2/c1-2-8-5-11-7-12(8)14-10-4-3-9(6-10)13(11)14;1-8-4-12(15)14(13(8)16)7-11-6-9-2-3-10(11)5-9/h2-4,9-14H,5-7H2,1H3;2-4,9-11H,5-7H2,1H3/b8-2+;. The molecule has 0 aromatic rings. The molecule has 6 aliphatic carbocycles. The third kappa shape index (κ3) is 2.70. The molecule has 4 saturated carbocycles. The number of amides is 2. The Hall–Kier alpha value is -1.90. The summed E-state index contributed by atoms with van der Waals surface area (Å²) >= 11 is 0. The van der Waals surface area contributed by atoms with Gasteiger partial charge >= 0.3 is 0 Å². The van der Waals surface area contributed by atoms with Crippen molar-refractivity contribution < 1.29 is 9.59 Å². The average molecular weight is 404 g/mol. The van der Waals surface area contributed by atoms with Crippen LogP contribution in [0.15, 0.2) is 47.6 Å². The van der Waals surface area contributed by atoms with E-state index in [0.29, 0.717) is 29.9 Å². The second-order valence-electron chi connectivity index (χ2n) is 10.9. The predicted octanol–water partition coefficient (Wildman–Crippen LogP) is 4.92.